The number of hydrogen-bond donors (Lipinski definition) is 1. The molecule has 2 aromatic rings. The average Bonchev–Trinajstić information content (AvgIpc) is 2.93. The molecule has 170 valence electrons. The number of carbonyl (C=O) groups is 1. The largest absolute Gasteiger partial charge is 0.491 e. The molecule has 1 amide bonds. The van der Waals surface area contributed by atoms with Gasteiger partial charge >= 0.3 is 0 Å². The van der Waals surface area contributed by atoms with E-state index in [1.807, 2.05) is 44.0 Å². The van der Waals surface area contributed by atoms with E-state index >= 15 is 0 Å². The lowest BCUT2D eigenvalue weighted by molar-refractivity contribution is -0.0163. The van der Waals surface area contributed by atoms with Crippen molar-refractivity contribution in [2.24, 2.45) is 13.0 Å². The van der Waals surface area contributed by atoms with Crippen LogP contribution in [0.1, 0.15) is 60.4 Å². The van der Waals surface area contributed by atoms with Gasteiger partial charge in [-0.2, -0.15) is 5.10 Å². The molecule has 6 nitrogen and oxygen atoms in total. The van der Waals surface area contributed by atoms with Gasteiger partial charge < -0.3 is 14.7 Å². The molecule has 1 N–H and O–H groups in total. The Morgan fingerprint density at radius 1 is 1.23 bits per heavy atom. The van der Waals surface area contributed by atoms with Gasteiger partial charge in [-0.3, -0.25) is 9.48 Å². The number of halogens is 1. The maximum Gasteiger partial charge on any atom is 0.272 e. The topological polar surface area (TPSA) is 67.6 Å². The molecule has 1 aliphatic rings. The second kappa shape index (κ2) is 9.61. The summed E-state index contributed by atoms with van der Waals surface area (Å²) in [7, 11) is 1.81. The molecule has 0 aliphatic carbocycles. The maximum absolute atomic E-state index is 13.1. The molecular formula is C24H34ClN3O3. The Labute approximate surface area is 190 Å². The SMILES string of the molecule is Cc1cc(OC[C@]2(O)CCCN(C(=O)c3cc(CC(C)C)nn3C)CC2)cc(C)c1Cl. The van der Waals surface area contributed by atoms with Gasteiger partial charge in [-0.15, -0.1) is 0 Å². The first-order valence-electron chi connectivity index (χ1n) is 11.0. The summed E-state index contributed by atoms with van der Waals surface area (Å²) in [4.78, 5) is 14.9. The zero-order valence-corrected chi connectivity index (χ0v) is 20.0. The van der Waals surface area contributed by atoms with Crippen LogP contribution in [0.5, 0.6) is 5.75 Å². The molecule has 2 heterocycles. The Bertz CT molecular complexity index is 917. The van der Waals surface area contributed by atoms with E-state index in [-0.39, 0.29) is 12.5 Å². The Hall–Kier alpha value is -2.05. The molecule has 1 aromatic carbocycles. The maximum atomic E-state index is 13.1. The van der Waals surface area contributed by atoms with E-state index in [1.54, 1.807) is 4.68 Å². The van der Waals surface area contributed by atoms with Crippen LogP contribution in [0.4, 0.5) is 0 Å². The van der Waals surface area contributed by atoms with Crippen LogP contribution >= 0.6 is 11.6 Å². The van der Waals surface area contributed by atoms with E-state index in [2.05, 4.69) is 18.9 Å². The Morgan fingerprint density at radius 3 is 2.55 bits per heavy atom. The number of aryl methyl sites for hydroxylation is 3. The number of rotatable bonds is 6. The number of aromatic nitrogens is 2. The fourth-order valence-electron chi connectivity index (χ4n) is 4.14. The summed E-state index contributed by atoms with van der Waals surface area (Å²) in [6.45, 7) is 9.46. The van der Waals surface area contributed by atoms with Crippen molar-refractivity contribution in [1.82, 2.24) is 14.7 Å². The molecule has 1 aliphatic heterocycles. The van der Waals surface area contributed by atoms with Gasteiger partial charge in [-0.1, -0.05) is 25.4 Å². The van der Waals surface area contributed by atoms with E-state index in [9.17, 15) is 9.90 Å². The van der Waals surface area contributed by atoms with E-state index in [1.165, 1.54) is 0 Å². The number of nitrogens with zero attached hydrogens (tertiary/aromatic N) is 3. The summed E-state index contributed by atoms with van der Waals surface area (Å²) in [5.41, 5.74) is 2.48. The van der Waals surface area contributed by atoms with Crippen LogP contribution in [0.2, 0.25) is 5.02 Å². The second-order valence-electron chi connectivity index (χ2n) is 9.27. The molecule has 1 atom stereocenters. The van der Waals surface area contributed by atoms with Crippen molar-refractivity contribution in [1.29, 1.82) is 0 Å². The lowest BCUT2D eigenvalue weighted by Crippen LogP contribution is -2.38. The number of hydrogen-bond acceptors (Lipinski definition) is 4. The van der Waals surface area contributed by atoms with Crippen LogP contribution < -0.4 is 4.74 Å². The molecule has 1 aromatic heterocycles. The number of benzene rings is 1. The molecule has 1 fully saturated rings. The zero-order chi connectivity index (χ0) is 22.8. The van der Waals surface area contributed by atoms with E-state index in [0.717, 1.165) is 34.7 Å². The van der Waals surface area contributed by atoms with Crippen LogP contribution in [0.25, 0.3) is 0 Å². The lowest BCUT2D eigenvalue weighted by Gasteiger charge is -2.27. The van der Waals surface area contributed by atoms with Crippen molar-refractivity contribution < 1.29 is 14.6 Å². The summed E-state index contributed by atoms with van der Waals surface area (Å²) in [5.74, 6) is 1.16. The van der Waals surface area contributed by atoms with Crippen LogP contribution in [0.3, 0.4) is 0 Å². The smallest absolute Gasteiger partial charge is 0.272 e. The monoisotopic (exact) mass is 447 g/mol. The molecular weight excluding hydrogens is 414 g/mol. The number of amides is 1. The molecule has 7 heteroatoms. The van der Waals surface area contributed by atoms with Crippen LogP contribution in [-0.4, -0.2) is 51.0 Å². The second-order valence-corrected chi connectivity index (χ2v) is 9.65. The van der Waals surface area contributed by atoms with Crippen molar-refractivity contribution in [3.05, 3.63) is 45.7 Å². The van der Waals surface area contributed by atoms with Crippen LogP contribution in [0.15, 0.2) is 18.2 Å². The van der Waals surface area contributed by atoms with Crippen molar-refractivity contribution in [2.45, 2.75) is 59.0 Å². The highest BCUT2D eigenvalue weighted by molar-refractivity contribution is 6.32. The van der Waals surface area contributed by atoms with E-state index in [0.29, 0.717) is 43.3 Å². The van der Waals surface area contributed by atoms with Gasteiger partial charge in [0.1, 0.15) is 23.7 Å². The molecule has 1 saturated heterocycles. The summed E-state index contributed by atoms with van der Waals surface area (Å²) in [6, 6.07) is 5.68. The van der Waals surface area contributed by atoms with E-state index < -0.39 is 5.60 Å². The molecule has 3 rings (SSSR count). The van der Waals surface area contributed by atoms with Gasteiger partial charge in [0.2, 0.25) is 0 Å². The number of ether oxygens (including phenoxy) is 1. The van der Waals surface area contributed by atoms with Crippen molar-refractivity contribution in [2.75, 3.05) is 19.7 Å². The summed E-state index contributed by atoms with van der Waals surface area (Å²) < 4.78 is 7.61. The number of likely N-dealkylation sites (tertiary alicyclic amines) is 1. The van der Waals surface area contributed by atoms with Gasteiger partial charge in [0, 0.05) is 25.2 Å². The van der Waals surface area contributed by atoms with Gasteiger partial charge in [0.05, 0.1) is 5.69 Å². The third kappa shape index (κ3) is 5.80. The van der Waals surface area contributed by atoms with Gasteiger partial charge in [-0.25, -0.2) is 0 Å². The lowest BCUT2D eigenvalue weighted by atomic mass is 9.96. The molecule has 31 heavy (non-hydrogen) atoms. The van der Waals surface area contributed by atoms with Gasteiger partial charge in [0.25, 0.3) is 5.91 Å². The fourth-order valence-corrected chi connectivity index (χ4v) is 4.25. The number of carbonyl (C=O) groups excluding carboxylic acids is 1. The highest BCUT2D eigenvalue weighted by Crippen LogP contribution is 2.29. The molecule has 0 unspecified atom stereocenters. The first-order chi connectivity index (χ1) is 14.6. The van der Waals surface area contributed by atoms with Crippen molar-refractivity contribution >= 4 is 17.5 Å². The van der Waals surface area contributed by atoms with Crippen molar-refractivity contribution in [3.63, 3.8) is 0 Å². The van der Waals surface area contributed by atoms with E-state index in [4.69, 9.17) is 16.3 Å². The molecule has 0 spiro atoms. The highest BCUT2D eigenvalue weighted by Gasteiger charge is 2.33. The minimum atomic E-state index is -0.967. The number of aliphatic hydroxyl groups is 1. The predicted molar refractivity (Wildman–Crippen MR) is 123 cm³/mol. The first kappa shape index (κ1) is 23.6. The fraction of sp³-hybridized carbons (Fsp3) is 0.583. The Kier molecular flexibility index (Phi) is 7.32. The summed E-state index contributed by atoms with van der Waals surface area (Å²) >= 11 is 6.23. The van der Waals surface area contributed by atoms with Crippen molar-refractivity contribution in [3.8, 4) is 5.75 Å². The third-order valence-electron chi connectivity index (χ3n) is 5.89. The minimum Gasteiger partial charge on any atom is -0.491 e. The van der Waals surface area contributed by atoms with Gasteiger partial charge in [0.15, 0.2) is 0 Å². The molecule has 0 bridgehead atoms. The predicted octanol–water partition coefficient (Wildman–Crippen LogP) is 4.33. The average molecular weight is 448 g/mol. The third-order valence-corrected chi connectivity index (χ3v) is 6.49. The molecule has 0 radical (unpaired) electrons. The quantitative estimate of drug-likeness (QED) is 0.715. The Balaban J connectivity index is 1.63. The zero-order valence-electron chi connectivity index (χ0n) is 19.2. The highest BCUT2D eigenvalue weighted by atomic mass is 35.5. The Morgan fingerprint density at radius 2 is 1.90 bits per heavy atom. The first-order valence-corrected chi connectivity index (χ1v) is 11.4. The summed E-state index contributed by atoms with van der Waals surface area (Å²) in [6.07, 6.45) is 2.64. The van der Waals surface area contributed by atoms with Crippen LogP contribution in [0, 0.1) is 19.8 Å². The van der Waals surface area contributed by atoms with Crippen LogP contribution in [-0.2, 0) is 13.5 Å². The van der Waals surface area contributed by atoms with Gasteiger partial charge in [-0.05, 0) is 74.8 Å². The standard InChI is InChI=1S/C24H34ClN3O3/c1-16(2)11-19-14-21(27(5)26-19)23(29)28-9-6-7-24(30,8-10-28)15-31-20-12-17(3)22(25)18(4)13-20/h12-14,16,30H,6-11,15H2,1-5H3/t24-/m0/s1. The normalized spacial score (nSPS) is 19.5. The minimum absolute atomic E-state index is 0.0286. The summed E-state index contributed by atoms with van der Waals surface area (Å²) in [5, 5.41) is 16.4. The molecule has 0 saturated carbocycles.